The van der Waals surface area contributed by atoms with Crippen LogP contribution in [0.1, 0.15) is 40.7 Å². The molecular formula is C28H29BrN6O4S. The van der Waals surface area contributed by atoms with Gasteiger partial charge in [0.25, 0.3) is 5.91 Å². The molecule has 208 valence electrons. The number of fused-ring (bicyclic) bond motifs is 2. The number of phenolic OH excluding ortho intramolecular Hbond substituents is 1. The highest BCUT2D eigenvalue weighted by Gasteiger charge is 2.26. The molecule has 6 rings (SSSR count). The predicted octanol–water partition coefficient (Wildman–Crippen LogP) is 5.32. The first-order chi connectivity index (χ1) is 19.3. The number of carbonyl (C=O) groups excluding carboxylic acids is 1. The van der Waals surface area contributed by atoms with Crippen LogP contribution < -0.4 is 15.2 Å². The van der Waals surface area contributed by atoms with Gasteiger partial charge in [0.1, 0.15) is 12.1 Å². The first-order valence-electron chi connectivity index (χ1n) is 13.1. The number of rotatable bonds is 6. The molecule has 0 radical (unpaired) electrons. The van der Waals surface area contributed by atoms with E-state index in [1.807, 2.05) is 30.9 Å². The Labute approximate surface area is 244 Å². The van der Waals surface area contributed by atoms with Crippen LogP contribution in [0.4, 0.5) is 5.82 Å². The number of nitrogen functional groups attached to an aromatic ring is 1. The maximum Gasteiger partial charge on any atom is 0.253 e. The number of phenols is 1. The predicted molar refractivity (Wildman–Crippen MR) is 155 cm³/mol. The van der Waals surface area contributed by atoms with Gasteiger partial charge in [0.15, 0.2) is 33.6 Å². The van der Waals surface area contributed by atoms with Crippen molar-refractivity contribution < 1.29 is 19.4 Å². The minimum Gasteiger partial charge on any atom is -0.507 e. The average molecular weight is 626 g/mol. The molecule has 2 aromatic heterocycles. The summed E-state index contributed by atoms with van der Waals surface area (Å²) >= 11 is 5.15. The van der Waals surface area contributed by atoms with E-state index in [1.165, 1.54) is 18.1 Å². The molecule has 4 heterocycles. The lowest BCUT2D eigenvalue weighted by Gasteiger charge is -2.32. The van der Waals surface area contributed by atoms with Crippen LogP contribution in [0.3, 0.4) is 0 Å². The fourth-order valence-corrected chi connectivity index (χ4v) is 6.80. The molecular weight excluding hydrogens is 596 g/mol. The number of halogens is 1. The van der Waals surface area contributed by atoms with E-state index in [0.717, 1.165) is 44.9 Å². The standard InChI is InChI=1S/C28H29BrN6O4S/c1-15-9-18(10-16(2)24(15)36)27(37)34-6-3-17(4-7-34)5-8-35-26-23(25(30)31-13-32-26)33-28(35)40-22-12-21-20(11-19(22)29)38-14-39-21/h9-13,17,36H,3-8,14H2,1-2H3,(H2,30,31,32). The summed E-state index contributed by atoms with van der Waals surface area (Å²) in [4.78, 5) is 29.5. The Hall–Kier alpha value is -3.51. The first kappa shape index (κ1) is 26.7. The van der Waals surface area contributed by atoms with Crippen molar-refractivity contribution in [3.05, 3.63) is 51.8 Å². The van der Waals surface area contributed by atoms with Crippen LogP contribution >= 0.6 is 27.7 Å². The number of likely N-dealkylation sites (tertiary alicyclic amines) is 1. The largest absolute Gasteiger partial charge is 0.507 e. The quantitative estimate of drug-likeness (QED) is 0.293. The zero-order chi connectivity index (χ0) is 28.0. The fourth-order valence-electron chi connectivity index (χ4n) is 5.29. The number of hydrogen-bond acceptors (Lipinski definition) is 9. The van der Waals surface area contributed by atoms with E-state index in [9.17, 15) is 9.90 Å². The van der Waals surface area contributed by atoms with Crippen LogP contribution in [0.15, 0.2) is 45.1 Å². The topological polar surface area (TPSA) is 129 Å². The molecule has 12 heteroatoms. The second-order valence-corrected chi connectivity index (χ2v) is 12.1. The van der Waals surface area contributed by atoms with Crippen molar-refractivity contribution in [1.82, 2.24) is 24.4 Å². The molecule has 3 N–H and O–H groups in total. The Morgan fingerprint density at radius 1 is 1.12 bits per heavy atom. The average Bonchev–Trinajstić information content (AvgIpc) is 3.54. The SMILES string of the molecule is Cc1cc(C(=O)N2CCC(CCn3c(Sc4cc5c(cc4Br)OCO5)nc4c(N)ncnc43)CC2)cc(C)c1O. The number of aromatic hydroxyl groups is 1. The lowest BCUT2D eigenvalue weighted by molar-refractivity contribution is 0.0684. The second-order valence-electron chi connectivity index (χ2n) is 10.2. The monoisotopic (exact) mass is 624 g/mol. The summed E-state index contributed by atoms with van der Waals surface area (Å²) in [6.45, 7) is 5.97. The molecule has 1 amide bonds. The molecule has 2 aliphatic rings. The van der Waals surface area contributed by atoms with Crippen molar-refractivity contribution in [1.29, 1.82) is 0 Å². The number of piperidine rings is 1. The van der Waals surface area contributed by atoms with Gasteiger partial charge in [0, 0.05) is 34.6 Å². The third-order valence-electron chi connectivity index (χ3n) is 7.55. The van der Waals surface area contributed by atoms with Crippen LogP contribution in [0.25, 0.3) is 11.2 Å². The molecule has 10 nitrogen and oxygen atoms in total. The van der Waals surface area contributed by atoms with E-state index >= 15 is 0 Å². The van der Waals surface area contributed by atoms with Gasteiger partial charge in [0.05, 0.1) is 0 Å². The van der Waals surface area contributed by atoms with Gasteiger partial charge in [-0.25, -0.2) is 15.0 Å². The highest BCUT2D eigenvalue weighted by molar-refractivity contribution is 9.10. The van der Waals surface area contributed by atoms with Gasteiger partial charge < -0.3 is 29.8 Å². The number of carbonyl (C=O) groups is 1. The summed E-state index contributed by atoms with van der Waals surface area (Å²) in [6, 6.07) is 7.39. The van der Waals surface area contributed by atoms with E-state index in [-0.39, 0.29) is 18.4 Å². The molecule has 1 fully saturated rings. The molecule has 2 aromatic carbocycles. The third-order valence-corrected chi connectivity index (χ3v) is 9.52. The Morgan fingerprint density at radius 2 is 1.82 bits per heavy atom. The lowest BCUT2D eigenvalue weighted by Crippen LogP contribution is -2.38. The normalized spacial score (nSPS) is 15.2. The summed E-state index contributed by atoms with van der Waals surface area (Å²) < 4.78 is 14.1. The summed E-state index contributed by atoms with van der Waals surface area (Å²) in [6.07, 6.45) is 4.23. The zero-order valence-electron chi connectivity index (χ0n) is 22.2. The number of amides is 1. The van der Waals surface area contributed by atoms with E-state index in [1.54, 1.807) is 12.1 Å². The smallest absolute Gasteiger partial charge is 0.253 e. The number of aromatic nitrogens is 4. The van der Waals surface area contributed by atoms with Crippen molar-refractivity contribution >= 4 is 50.6 Å². The van der Waals surface area contributed by atoms with Gasteiger partial charge in [-0.3, -0.25) is 4.79 Å². The van der Waals surface area contributed by atoms with Crippen molar-refractivity contribution in [2.24, 2.45) is 5.92 Å². The van der Waals surface area contributed by atoms with E-state index in [4.69, 9.17) is 20.2 Å². The van der Waals surface area contributed by atoms with Crippen LogP contribution in [0.2, 0.25) is 0 Å². The fraction of sp³-hybridized carbons (Fsp3) is 0.357. The Bertz CT molecular complexity index is 1600. The van der Waals surface area contributed by atoms with Crippen LogP contribution in [0.5, 0.6) is 17.2 Å². The number of ether oxygens (including phenoxy) is 2. The molecule has 0 aliphatic carbocycles. The van der Waals surface area contributed by atoms with Crippen molar-refractivity contribution in [2.75, 3.05) is 25.6 Å². The van der Waals surface area contributed by atoms with Gasteiger partial charge >= 0.3 is 0 Å². The number of imidazole rings is 1. The van der Waals surface area contributed by atoms with Crippen molar-refractivity contribution in [2.45, 2.75) is 49.7 Å². The summed E-state index contributed by atoms with van der Waals surface area (Å²) in [5.41, 5.74) is 9.52. The number of anilines is 1. The Kier molecular flexibility index (Phi) is 7.22. The minimum absolute atomic E-state index is 0.0189. The molecule has 0 bridgehead atoms. The summed E-state index contributed by atoms with van der Waals surface area (Å²) in [5, 5.41) is 10.8. The van der Waals surface area contributed by atoms with Crippen LogP contribution in [-0.4, -0.2) is 55.3 Å². The van der Waals surface area contributed by atoms with Gasteiger partial charge in [-0.1, -0.05) is 11.8 Å². The number of aryl methyl sites for hydroxylation is 3. The summed E-state index contributed by atoms with van der Waals surface area (Å²) in [5.74, 6) is 2.48. The molecule has 0 spiro atoms. The molecule has 40 heavy (non-hydrogen) atoms. The van der Waals surface area contributed by atoms with Crippen molar-refractivity contribution in [3.8, 4) is 17.2 Å². The van der Waals surface area contributed by atoms with E-state index in [0.29, 0.717) is 59.6 Å². The van der Waals surface area contributed by atoms with E-state index < -0.39 is 0 Å². The highest BCUT2D eigenvalue weighted by Crippen LogP contribution is 2.43. The van der Waals surface area contributed by atoms with Crippen molar-refractivity contribution in [3.63, 3.8) is 0 Å². The van der Waals surface area contributed by atoms with Crippen LogP contribution in [0, 0.1) is 19.8 Å². The lowest BCUT2D eigenvalue weighted by atomic mass is 9.93. The maximum absolute atomic E-state index is 13.1. The summed E-state index contributed by atoms with van der Waals surface area (Å²) in [7, 11) is 0. The van der Waals surface area contributed by atoms with Gasteiger partial charge in [-0.05, 0) is 90.4 Å². The zero-order valence-corrected chi connectivity index (χ0v) is 24.6. The number of hydrogen-bond donors (Lipinski definition) is 2. The third kappa shape index (κ3) is 5.05. The molecule has 2 aliphatic heterocycles. The number of benzene rings is 2. The van der Waals surface area contributed by atoms with Gasteiger partial charge in [-0.15, -0.1) is 0 Å². The van der Waals surface area contributed by atoms with Gasteiger partial charge in [0.2, 0.25) is 6.79 Å². The maximum atomic E-state index is 13.1. The molecule has 0 atom stereocenters. The minimum atomic E-state index is 0.0189. The molecule has 0 saturated carbocycles. The number of nitrogens with zero attached hydrogens (tertiary/aromatic N) is 5. The van der Waals surface area contributed by atoms with Crippen LogP contribution in [-0.2, 0) is 6.54 Å². The second kappa shape index (κ2) is 10.8. The molecule has 0 unspecified atom stereocenters. The molecule has 4 aromatic rings. The highest BCUT2D eigenvalue weighted by atomic mass is 79.9. The Balaban J connectivity index is 1.16. The van der Waals surface area contributed by atoms with E-state index in [2.05, 4.69) is 30.5 Å². The van der Waals surface area contributed by atoms with Gasteiger partial charge in [-0.2, -0.15) is 0 Å². The number of nitrogens with two attached hydrogens (primary N) is 1. The first-order valence-corrected chi connectivity index (χ1v) is 14.7. The molecule has 1 saturated heterocycles. The Morgan fingerprint density at radius 3 is 2.55 bits per heavy atom.